The number of ether oxygens (including phenoxy) is 1. The van der Waals surface area contributed by atoms with Crippen LogP contribution in [-0.2, 0) is 10.9 Å². The Labute approximate surface area is 135 Å². The fourth-order valence-corrected chi connectivity index (χ4v) is 1.84. The maximum absolute atomic E-state index is 12.5. The zero-order chi connectivity index (χ0) is 17.7. The maximum atomic E-state index is 12.5. The third-order valence-electron chi connectivity index (χ3n) is 3.03. The van der Waals surface area contributed by atoms with Gasteiger partial charge in [-0.2, -0.15) is 13.2 Å². The number of urea groups is 1. The molecule has 0 saturated heterocycles. The van der Waals surface area contributed by atoms with E-state index in [2.05, 4.69) is 15.4 Å². The SMILES string of the molecule is COC(=O)c1ccc(NC(=O)Nc2ccc(C(F)(F)F)cc2)cc1. The van der Waals surface area contributed by atoms with E-state index in [9.17, 15) is 22.8 Å². The molecule has 0 atom stereocenters. The minimum Gasteiger partial charge on any atom is -0.465 e. The number of alkyl halides is 3. The van der Waals surface area contributed by atoms with E-state index in [0.717, 1.165) is 24.3 Å². The van der Waals surface area contributed by atoms with Gasteiger partial charge in [0, 0.05) is 11.4 Å². The van der Waals surface area contributed by atoms with E-state index < -0.39 is 23.7 Å². The highest BCUT2D eigenvalue weighted by atomic mass is 19.4. The molecule has 0 radical (unpaired) electrons. The van der Waals surface area contributed by atoms with Gasteiger partial charge in [-0.05, 0) is 48.5 Å². The van der Waals surface area contributed by atoms with Gasteiger partial charge in [0.25, 0.3) is 0 Å². The molecule has 2 N–H and O–H groups in total. The van der Waals surface area contributed by atoms with E-state index in [1.807, 2.05) is 0 Å². The first-order valence-corrected chi connectivity index (χ1v) is 6.73. The zero-order valence-electron chi connectivity index (χ0n) is 12.5. The van der Waals surface area contributed by atoms with Crippen LogP contribution in [0.15, 0.2) is 48.5 Å². The molecule has 5 nitrogen and oxygen atoms in total. The Morgan fingerprint density at radius 3 is 1.75 bits per heavy atom. The number of benzene rings is 2. The summed E-state index contributed by atoms with van der Waals surface area (Å²) in [7, 11) is 1.26. The standard InChI is InChI=1S/C16H13F3N2O3/c1-24-14(22)10-2-6-12(7-3-10)20-15(23)21-13-8-4-11(5-9-13)16(17,18)19/h2-9H,1H3,(H2,20,21,23). The first-order chi connectivity index (χ1) is 11.3. The molecular weight excluding hydrogens is 325 g/mol. The van der Waals surface area contributed by atoms with Crippen molar-refractivity contribution in [3.63, 3.8) is 0 Å². The second-order valence-electron chi connectivity index (χ2n) is 4.72. The van der Waals surface area contributed by atoms with Gasteiger partial charge in [-0.25, -0.2) is 9.59 Å². The number of nitrogens with one attached hydrogen (secondary N) is 2. The molecule has 24 heavy (non-hydrogen) atoms. The fraction of sp³-hybridized carbons (Fsp3) is 0.125. The average molecular weight is 338 g/mol. The molecule has 0 bridgehead atoms. The summed E-state index contributed by atoms with van der Waals surface area (Å²) in [5.41, 5.74) is 0.150. The summed E-state index contributed by atoms with van der Waals surface area (Å²) < 4.78 is 41.9. The largest absolute Gasteiger partial charge is 0.465 e. The Morgan fingerprint density at radius 2 is 1.33 bits per heavy atom. The van der Waals surface area contributed by atoms with Crippen molar-refractivity contribution >= 4 is 23.4 Å². The Morgan fingerprint density at radius 1 is 0.875 bits per heavy atom. The lowest BCUT2D eigenvalue weighted by atomic mass is 10.2. The van der Waals surface area contributed by atoms with Crippen molar-refractivity contribution in [3.8, 4) is 0 Å². The van der Waals surface area contributed by atoms with Gasteiger partial charge in [-0.3, -0.25) is 0 Å². The summed E-state index contributed by atoms with van der Waals surface area (Å²) in [6, 6.07) is 9.38. The summed E-state index contributed by atoms with van der Waals surface area (Å²) in [4.78, 5) is 23.1. The van der Waals surface area contributed by atoms with Gasteiger partial charge in [0.05, 0.1) is 18.2 Å². The smallest absolute Gasteiger partial charge is 0.416 e. The number of amides is 2. The molecule has 0 aliphatic heterocycles. The molecule has 0 fully saturated rings. The number of carbonyl (C=O) groups is 2. The second kappa shape index (κ2) is 7.03. The molecule has 8 heteroatoms. The first kappa shape index (κ1) is 17.3. The van der Waals surface area contributed by atoms with Crippen molar-refractivity contribution < 1.29 is 27.5 Å². The van der Waals surface area contributed by atoms with Crippen LogP contribution in [0.3, 0.4) is 0 Å². The summed E-state index contributed by atoms with van der Waals surface area (Å²) in [5, 5.41) is 4.90. The topological polar surface area (TPSA) is 67.4 Å². The van der Waals surface area contributed by atoms with Crippen molar-refractivity contribution in [2.24, 2.45) is 0 Å². The molecule has 0 aliphatic carbocycles. The number of hydrogen-bond donors (Lipinski definition) is 2. The summed E-state index contributed by atoms with van der Waals surface area (Å²) in [6.45, 7) is 0. The maximum Gasteiger partial charge on any atom is 0.416 e. The van der Waals surface area contributed by atoms with Gasteiger partial charge < -0.3 is 15.4 Å². The number of hydrogen-bond acceptors (Lipinski definition) is 3. The summed E-state index contributed by atoms with van der Waals surface area (Å²) in [5.74, 6) is -0.504. The molecule has 0 heterocycles. The van der Waals surface area contributed by atoms with Crippen LogP contribution in [-0.4, -0.2) is 19.1 Å². The monoisotopic (exact) mass is 338 g/mol. The molecule has 0 saturated carbocycles. The number of esters is 1. The molecule has 126 valence electrons. The van der Waals surface area contributed by atoms with Crippen LogP contribution in [0.1, 0.15) is 15.9 Å². The van der Waals surface area contributed by atoms with Crippen molar-refractivity contribution in [2.45, 2.75) is 6.18 Å². The third kappa shape index (κ3) is 4.48. The van der Waals surface area contributed by atoms with Crippen molar-refractivity contribution in [1.29, 1.82) is 0 Å². The van der Waals surface area contributed by atoms with Crippen molar-refractivity contribution in [2.75, 3.05) is 17.7 Å². The number of rotatable bonds is 3. The van der Waals surface area contributed by atoms with Gasteiger partial charge >= 0.3 is 18.2 Å². The van der Waals surface area contributed by atoms with Crippen molar-refractivity contribution in [3.05, 3.63) is 59.7 Å². The molecule has 0 spiro atoms. The van der Waals surface area contributed by atoms with Gasteiger partial charge in [0.1, 0.15) is 0 Å². The Balaban J connectivity index is 1.97. The van der Waals surface area contributed by atoms with Crippen LogP contribution < -0.4 is 10.6 Å². The molecule has 0 aliphatic rings. The van der Waals surface area contributed by atoms with Crippen LogP contribution in [0.4, 0.5) is 29.3 Å². The Hall–Kier alpha value is -3.03. The van der Waals surface area contributed by atoms with E-state index in [4.69, 9.17) is 0 Å². The fourth-order valence-electron chi connectivity index (χ4n) is 1.84. The number of halogens is 3. The number of carbonyl (C=O) groups excluding carboxylic acids is 2. The molecular formula is C16H13F3N2O3. The van der Waals surface area contributed by atoms with Crippen LogP contribution in [0, 0.1) is 0 Å². The lowest BCUT2D eigenvalue weighted by Gasteiger charge is -2.10. The highest BCUT2D eigenvalue weighted by Crippen LogP contribution is 2.29. The highest BCUT2D eigenvalue weighted by molar-refractivity contribution is 6.00. The Bertz CT molecular complexity index is 726. The quantitative estimate of drug-likeness (QED) is 0.827. The van der Waals surface area contributed by atoms with Crippen LogP contribution >= 0.6 is 0 Å². The number of methoxy groups -OCH3 is 1. The third-order valence-corrected chi connectivity index (χ3v) is 3.03. The minimum atomic E-state index is -4.43. The molecule has 0 aromatic heterocycles. The normalized spacial score (nSPS) is 10.8. The lowest BCUT2D eigenvalue weighted by Crippen LogP contribution is -2.19. The predicted molar refractivity (Wildman–Crippen MR) is 81.9 cm³/mol. The molecule has 2 rings (SSSR count). The molecule has 2 aromatic rings. The highest BCUT2D eigenvalue weighted by Gasteiger charge is 2.29. The second-order valence-corrected chi connectivity index (χ2v) is 4.72. The summed E-state index contributed by atoms with van der Waals surface area (Å²) >= 11 is 0. The van der Waals surface area contributed by atoms with Crippen LogP contribution in [0.25, 0.3) is 0 Å². The minimum absolute atomic E-state index is 0.215. The van der Waals surface area contributed by atoms with E-state index in [-0.39, 0.29) is 5.69 Å². The van der Waals surface area contributed by atoms with Gasteiger partial charge in [-0.1, -0.05) is 0 Å². The number of anilines is 2. The van der Waals surface area contributed by atoms with Crippen molar-refractivity contribution in [1.82, 2.24) is 0 Å². The van der Waals surface area contributed by atoms with Gasteiger partial charge in [0.15, 0.2) is 0 Å². The zero-order valence-corrected chi connectivity index (χ0v) is 12.5. The first-order valence-electron chi connectivity index (χ1n) is 6.73. The van der Waals surface area contributed by atoms with E-state index in [1.54, 1.807) is 0 Å². The lowest BCUT2D eigenvalue weighted by molar-refractivity contribution is -0.137. The van der Waals surface area contributed by atoms with E-state index in [1.165, 1.54) is 31.4 Å². The Kier molecular flexibility index (Phi) is 5.08. The summed E-state index contributed by atoms with van der Waals surface area (Å²) in [6.07, 6.45) is -4.43. The van der Waals surface area contributed by atoms with Gasteiger partial charge in [0.2, 0.25) is 0 Å². The van der Waals surface area contributed by atoms with Gasteiger partial charge in [-0.15, -0.1) is 0 Å². The predicted octanol–water partition coefficient (Wildman–Crippen LogP) is 4.14. The van der Waals surface area contributed by atoms with E-state index in [0.29, 0.717) is 11.3 Å². The van der Waals surface area contributed by atoms with Crippen LogP contribution in [0.2, 0.25) is 0 Å². The van der Waals surface area contributed by atoms with E-state index >= 15 is 0 Å². The molecule has 0 unspecified atom stereocenters. The van der Waals surface area contributed by atoms with Crippen LogP contribution in [0.5, 0.6) is 0 Å². The molecule has 2 amide bonds. The molecule has 2 aromatic carbocycles. The average Bonchev–Trinajstić information content (AvgIpc) is 2.54.